The highest BCUT2D eigenvalue weighted by atomic mass is 35.5. The summed E-state index contributed by atoms with van der Waals surface area (Å²) in [6.45, 7) is 2.37. The molecule has 1 saturated carbocycles. The molecule has 5 nitrogen and oxygen atoms in total. The summed E-state index contributed by atoms with van der Waals surface area (Å²) < 4.78 is 29.1. The van der Waals surface area contributed by atoms with Gasteiger partial charge in [0.05, 0.1) is 18.1 Å². The van der Waals surface area contributed by atoms with Crippen LogP contribution in [0.25, 0.3) is 0 Å². The van der Waals surface area contributed by atoms with Crippen LogP contribution in [0.1, 0.15) is 37.7 Å². The zero-order valence-corrected chi connectivity index (χ0v) is 16.0. The van der Waals surface area contributed by atoms with Crippen LogP contribution in [-0.4, -0.2) is 49.4 Å². The van der Waals surface area contributed by atoms with Gasteiger partial charge in [-0.05, 0) is 56.4 Å². The molecule has 0 aromatic heterocycles. The lowest BCUT2D eigenvalue weighted by Gasteiger charge is -2.28. The molecule has 0 unspecified atom stereocenters. The second kappa shape index (κ2) is 7.54. The third-order valence-corrected chi connectivity index (χ3v) is 6.94. The number of ether oxygens (including phenoxy) is 1. The molecule has 7 heteroatoms. The van der Waals surface area contributed by atoms with E-state index in [4.69, 9.17) is 16.3 Å². The molecule has 0 bridgehead atoms. The van der Waals surface area contributed by atoms with E-state index in [9.17, 15) is 13.2 Å². The molecular weight excluding hydrogens is 362 g/mol. The minimum atomic E-state index is -2.98. The van der Waals surface area contributed by atoms with E-state index in [2.05, 4.69) is 0 Å². The molecule has 25 heavy (non-hydrogen) atoms. The largest absolute Gasteiger partial charge is 0.494 e. The van der Waals surface area contributed by atoms with Gasteiger partial charge in [0.1, 0.15) is 5.75 Å². The number of halogens is 1. The molecular formula is C18H24ClNO4S. The Hall–Kier alpha value is -1.27. The molecule has 0 spiro atoms. The van der Waals surface area contributed by atoms with Crippen LogP contribution < -0.4 is 4.74 Å². The van der Waals surface area contributed by atoms with Gasteiger partial charge in [0.15, 0.2) is 9.84 Å². The van der Waals surface area contributed by atoms with Crippen molar-refractivity contribution in [2.45, 2.75) is 51.1 Å². The molecule has 2 fully saturated rings. The second-order valence-electron chi connectivity index (χ2n) is 6.95. The van der Waals surface area contributed by atoms with Crippen molar-refractivity contribution in [1.82, 2.24) is 4.90 Å². The molecule has 1 heterocycles. The molecule has 1 atom stereocenters. The van der Waals surface area contributed by atoms with E-state index in [1.165, 1.54) is 0 Å². The Morgan fingerprint density at radius 1 is 1.28 bits per heavy atom. The minimum absolute atomic E-state index is 0.0560. The van der Waals surface area contributed by atoms with Crippen LogP contribution in [0.3, 0.4) is 0 Å². The maximum absolute atomic E-state index is 12.6. The molecule has 1 saturated heterocycles. The lowest BCUT2D eigenvalue weighted by atomic mass is 10.2. The van der Waals surface area contributed by atoms with Crippen molar-refractivity contribution in [2.75, 3.05) is 18.1 Å². The van der Waals surface area contributed by atoms with Crippen LogP contribution in [0.2, 0.25) is 5.02 Å². The molecule has 138 valence electrons. The number of hydrogen-bond donors (Lipinski definition) is 0. The highest BCUT2D eigenvalue weighted by Crippen LogP contribution is 2.33. The number of aryl methyl sites for hydroxylation is 1. The van der Waals surface area contributed by atoms with E-state index in [-0.39, 0.29) is 29.5 Å². The summed E-state index contributed by atoms with van der Waals surface area (Å²) >= 11 is 5.99. The molecule has 1 aliphatic heterocycles. The molecule has 0 N–H and O–H groups in total. The first-order valence-electron chi connectivity index (χ1n) is 8.76. The van der Waals surface area contributed by atoms with Crippen molar-refractivity contribution in [3.8, 4) is 5.75 Å². The van der Waals surface area contributed by atoms with Gasteiger partial charge >= 0.3 is 0 Å². The Labute approximate surface area is 154 Å². The minimum Gasteiger partial charge on any atom is -0.494 e. The summed E-state index contributed by atoms with van der Waals surface area (Å²) in [4.78, 5) is 14.4. The summed E-state index contributed by atoms with van der Waals surface area (Å²) in [6.07, 6.45) is 3.56. The first-order valence-corrected chi connectivity index (χ1v) is 11.0. The summed E-state index contributed by atoms with van der Waals surface area (Å²) in [5.41, 5.74) is 0.956. The van der Waals surface area contributed by atoms with E-state index >= 15 is 0 Å². The fraction of sp³-hybridized carbons (Fsp3) is 0.611. The summed E-state index contributed by atoms with van der Waals surface area (Å²) in [7, 11) is -2.98. The smallest absolute Gasteiger partial charge is 0.223 e. The van der Waals surface area contributed by atoms with Gasteiger partial charge in [-0.1, -0.05) is 11.6 Å². The van der Waals surface area contributed by atoms with Crippen LogP contribution in [0, 0.1) is 6.92 Å². The van der Waals surface area contributed by atoms with Gasteiger partial charge in [0.2, 0.25) is 5.91 Å². The summed E-state index contributed by atoms with van der Waals surface area (Å²) in [6, 6.07) is 5.60. The zero-order chi connectivity index (χ0) is 18.0. The summed E-state index contributed by atoms with van der Waals surface area (Å²) in [5.74, 6) is 1.12. The van der Waals surface area contributed by atoms with Crippen molar-refractivity contribution in [2.24, 2.45) is 0 Å². The SMILES string of the molecule is Cc1cc(OCCCC(=O)N(C2CC2)[C@H]2CCS(=O)(=O)C2)ccc1Cl. The quantitative estimate of drug-likeness (QED) is 0.677. The van der Waals surface area contributed by atoms with E-state index in [0.29, 0.717) is 30.9 Å². The number of carbonyl (C=O) groups is 1. The highest BCUT2D eigenvalue weighted by Gasteiger charge is 2.41. The van der Waals surface area contributed by atoms with Gasteiger partial charge in [0.25, 0.3) is 0 Å². The van der Waals surface area contributed by atoms with Gasteiger partial charge in [-0.2, -0.15) is 0 Å². The lowest BCUT2D eigenvalue weighted by Crippen LogP contribution is -2.42. The van der Waals surface area contributed by atoms with Crippen LogP contribution in [-0.2, 0) is 14.6 Å². The molecule has 0 radical (unpaired) electrons. The normalized spacial score (nSPS) is 21.9. The lowest BCUT2D eigenvalue weighted by molar-refractivity contribution is -0.134. The number of rotatable bonds is 7. The second-order valence-corrected chi connectivity index (χ2v) is 9.59. The van der Waals surface area contributed by atoms with Crippen LogP contribution in [0.5, 0.6) is 5.75 Å². The van der Waals surface area contributed by atoms with Crippen LogP contribution in [0.15, 0.2) is 18.2 Å². The van der Waals surface area contributed by atoms with Crippen molar-refractivity contribution in [3.05, 3.63) is 28.8 Å². The Morgan fingerprint density at radius 3 is 2.64 bits per heavy atom. The zero-order valence-electron chi connectivity index (χ0n) is 14.4. The van der Waals surface area contributed by atoms with Crippen LogP contribution >= 0.6 is 11.6 Å². The topological polar surface area (TPSA) is 63.7 Å². The van der Waals surface area contributed by atoms with Gasteiger partial charge in [0, 0.05) is 23.5 Å². The molecule has 1 amide bonds. The van der Waals surface area contributed by atoms with E-state index in [1.807, 2.05) is 24.0 Å². The van der Waals surface area contributed by atoms with E-state index in [1.54, 1.807) is 6.07 Å². The number of benzene rings is 1. The Kier molecular flexibility index (Phi) is 5.58. The van der Waals surface area contributed by atoms with Crippen molar-refractivity contribution >= 4 is 27.3 Å². The summed E-state index contributed by atoms with van der Waals surface area (Å²) in [5, 5.41) is 0.703. The van der Waals surface area contributed by atoms with Gasteiger partial charge in [-0.3, -0.25) is 4.79 Å². The van der Waals surface area contributed by atoms with Gasteiger partial charge in [-0.15, -0.1) is 0 Å². The average molecular weight is 386 g/mol. The number of carbonyl (C=O) groups excluding carboxylic acids is 1. The maximum Gasteiger partial charge on any atom is 0.223 e. The van der Waals surface area contributed by atoms with Crippen molar-refractivity contribution in [3.63, 3.8) is 0 Å². The fourth-order valence-corrected chi connectivity index (χ4v) is 5.13. The molecule has 2 aliphatic rings. The van der Waals surface area contributed by atoms with Crippen molar-refractivity contribution < 1.29 is 17.9 Å². The molecule has 1 aliphatic carbocycles. The van der Waals surface area contributed by atoms with E-state index < -0.39 is 9.84 Å². The third-order valence-electron chi connectivity index (χ3n) is 4.76. The standard InChI is InChI=1S/C18H24ClNO4S/c1-13-11-16(6-7-17(13)19)24-9-2-3-18(21)20(14-4-5-14)15-8-10-25(22,23)12-15/h6-7,11,14-15H,2-5,8-10,12H2,1H3/t15-/m0/s1. The highest BCUT2D eigenvalue weighted by molar-refractivity contribution is 7.91. The fourth-order valence-electron chi connectivity index (χ4n) is 3.30. The van der Waals surface area contributed by atoms with E-state index in [0.717, 1.165) is 24.2 Å². The Morgan fingerprint density at radius 2 is 2.04 bits per heavy atom. The van der Waals surface area contributed by atoms with Crippen LogP contribution in [0.4, 0.5) is 0 Å². The molecule has 1 aromatic carbocycles. The predicted octanol–water partition coefficient (Wildman–Crippen LogP) is 2.99. The number of hydrogen-bond acceptors (Lipinski definition) is 4. The maximum atomic E-state index is 12.6. The Bertz CT molecular complexity index is 745. The number of nitrogens with zero attached hydrogens (tertiary/aromatic N) is 1. The number of sulfone groups is 1. The predicted molar refractivity (Wildman–Crippen MR) is 97.8 cm³/mol. The van der Waals surface area contributed by atoms with Gasteiger partial charge < -0.3 is 9.64 Å². The van der Waals surface area contributed by atoms with Crippen molar-refractivity contribution in [1.29, 1.82) is 0 Å². The number of amides is 1. The first kappa shape index (κ1) is 18.5. The molecule has 1 aromatic rings. The van der Waals surface area contributed by atoms with Gasteiger partial charge in [-0.25, -0.2) is 8.42 Å². The Balaban J connectivity index is 1.48. The molecule has 3 rings (SSSR count). The first-order chi connectivity index (χ1) is 11.9. The average Bonchev–Trinajstić information content (AvgIpc) is 3.31. The third kappa shape index (κ3) is 4.88. The monoisotopic (exact) mass is 385 g/mol.